The Morgan fingerprint density at radius 1 is 1.14 bits per heavy atom. The predicted molar refractivity (Wildman–Crippen MR) is 85.8 cm³/mol. The zero-order valence-electron chi connectivity index (χ0n) is 11.3. The fourth-order valence-corrected chi connectivity index (χ4v) is 2.34. The lowest BCUT2D eigenvalue weighted by atomic mass is 10.1. The summed E-state index contributed by atoms with van der Waals surface area (Å²) in [5, 5.41) is 4.46. The molecular formula is C16H13BrFN3. The van der Waals surface area contributed by atoms with Crippen molar-refractivity contribution in [2.24, 2.45) is 0 Å². The third kappa shape index (κ3) is 2.69. The molecule has 3 rings (SSSR count). The van der Waals surface area contributed by atoms with Gasteiger partial charge in [0.1, 0.15) is 11.5 Å². The summed E-state index contributed by atoms with van der Waals surface area (Å²) in [4.78, 5) is 0. The monoisotopic (exact) mass is 345 g/mol. The molecule has 2 aromatic carbocycles. The molecule has 1 aromatic heterocycles. The van der Waals surface area contributed by atoms with Gasteiger partial charge in [0.15, 0.2) is 0 Å². The van der Waals surface area contributed by atoms with Gasteiger partial charge in [0, 0.05) is 10.0 Å². The van der Waals surface area contributed by atoms with Gasteiger partial charge in [-0.2, -0.15) is 5.10 Å². The smallest absolute Gasteiger partial charge is 0.126 e. The number of benzene rings is 2. The first kappa shape index (κ1) is 13.8. The Bertz CT molecular complexity index is 794. The number of aromatic nitrogens is 2. The molecule has 0 amide bonds. The number of rotatable bonds is 2. The summed E-state index contributed by atoms with van der Waals surface area (Å²) in [5.74, 6) is -0.259. The summed E-state index contributed by atoms with van der Waals surface area (Å²) < 4.78 is 16.4. The highest BCUT2D eigenvalue weighted by atomic mass is 79.9. The Kier molecular flexibility index (Phi) is 3.51. The summed E-state index contributed by atoms with van der Waals surface area (Å²) in [6, 6.07) is 12.7. The minimum Gasteiger partial charge on any atom is -0.396 e. The number of anilines is 1. The van der Waals surface area contributed by atoms with E-state index >= 15 is 0 Å². The van der Waals surface area contributed by atoms with E-state index in [1.54, 1.807) is 23.9 Å². The highest BCUT2D eigenvalue weighted by molar-refractivity contribution is 9.10. The lowest BCUT2D eigenvalue weighted by Crippen LogP contribution is -1.94. The summed E-state index contributed by atoms with van der Waals surface area (Å²) in [6.45, 7) is 1.73. The second-order valence-electron chi connectivity index (χ2n) is 4.82. The van der Waals surface area contributed by atoms with Gasteiger partial charge in [-0.3, -0.25) is 0 Å². The minimum atomic E-state index is -0.259. The molecule has 0 fully saturated rings. The number of nitrogen functional groups attached to an aromatic ring is 1. The molecule has 0 spiro atoms. The van der Waals surface area contributed by atoms with Crippen LogP contribution in [0.4, 0.5) is 10.1 Å². The molecule has 21 heavy (non-hydrogen) atoms. The summed E-state index contributed by atoms with van der Waals surface area (Å²) in [7, 11) is 0. The maximum atomic E-state index is 13.7. The van der Waals surface area contributed by atoms with Crippen molar-refractivity contribution in [1.29, 1.82) is 0 Å². The van der Waals surface area contributed by atoms with Crippen molar-refractivity contribution in [2.75, 3.05) is 5.73 Å². The van der Waals surface area contributed by atoms with Crippen LogP contribution in [0.1, 0.15) is 5.56 Å². The second-order valence-corrected chi connectivity index (χ2v) is 5.73. The molecule has 0 aliphatic rings. The molecule has 106 valence electrons. The maximum Gasteiger partial charge on any atom is 0.126 e. The lowest BCUT2D eigenvalue weighted by Gasteiger charge is -2.02. The zero-order chi connectivity index (χ0) is 15.0. The van der Waals surface area contributed by atoms with Crippen LogP contribution in [0.2, 0.25) is 0 Å². The van der Waals surface area contributed by atoms with Crippen molar-refractivity contribution in [2.45, 2.75) is 6.92 Å². The number of nitrogens with two attached hydrogens (primary N) is 1. The summed E-state index contributed by atoms with van der Waals surface area (Å²) in [5.41, 5.74) is 9.28. The normalized spacial score (nSPS) is 10.8. The molecule has 0 saturated heterocycles. The first-order valence-electron chi connectivity index (χ1n) is 6.42. The molecule has 0 saturated carbocycles. The van der Waals surface area contributed by atoms with Crippen molar-refractivity contribution in [3.05, 3.63) is 64.5 Å². The number of aryl methyl sites for hydroxylation is 1. The van der Waals surface area contributed by atoms with E-state index in [0.29, 0.717) is 22.5 Å². The highest BCUT2D eigenvalue weighted by Crippen LogP contribution is 2.27. The topological polar surface area (TPSA) is 43.8 Å². The lowest BCUT2D eigenvalue weighted by molar-refractivity contribution is 0.619. The molecule has 2 N–H and O–H groups in total. The Morgan fingerprint density at radius 2 is 1.86 bits per heavy atom. The summed E-state index contributed by atoms with van der Waals surface area (Å²) in [6.07, 6.45) is 1.73. The van der Waals surface area contributed by atoms with Crippen molar-refractivity contribution >= 4 is 21.6 Å². The van der Waals surface area contributed by atoms with Crippen molar-refractivity contribution in [3.63, 3.8) is 0 Å². The fraction of sp³-hybridized carbons (Fsp3) is 0.0625. The van der Waals surface area contributed by atoms with Gasteiger partial charge in [-0.1, -0.05) is 28.1 Å². The Balaban J connectivity index is 2.05. The van der Waals surface area contributed by atoms with Crippen LogP contribution in [0.25, 0.3) is 16.9 Å². The average molecular weight is 346 g/mol. The second kappa shape index (κ2) is 5.33. The zero-order valence-corrected chi connectivity index (χ0v) is 12.9. The molecule has 0 unspecified atom stereocenters. The van der Waals surface area contributed by atoms with Crippen LogP contribution in [0.5, 0.6) is 0 Å². The Labute approximate surface area is 130 Å². The van der Waals surface area contributed by atoms with E-state index in [1.165, 1.54) is 6.07 Å². The van der Waals surface area contributed by atoms with E-state index in [2.05, 4.69) is 21.0 Å². The van der Waals surface area contributed by atoms with Gasteiger partial charge in [0.2, 0.25) is 0 Å². The van der Waals surface area contributed by atoms with Crippen LogP contribution in [0.15, 0.2) is 53.1 Å². The van der Waals surface area contributed by atoms with Crippen molar-refractivity contribution in [3.8, 4) is 16.9 Å². The average Bonchev–Trinajstić information content (AvgIpc) is 2.85. The first-order valence-corrected chi connectivity index (χ1v) is 7.21. The van der Waals surface area contributed by atoms with Crippen LogP contribution in [-0.4, -0.2) is 9.78 Å². The van der Waals surface area contributed by atoms with Crippen LogP contribution >= 0.6 is 15.9 Å². The SMILES string of the molecule is Cc1ccc(-c2nn(-c3ccc(Br)cc3)cc2N)cc1F. The van der Waals surface area contributed by atoms with Gasteiger partial charge in [-0.05, 0) is 42.8 Å². The first-order chi connectivity index (χ1) is 10.0. The van der Waals surface area contributed by atoms with E-state index in [1.807, 2.05) is 30.3 Å². The van der Waals surface area contributed by atoms with Gasteiger partial charge in [-0.25, -0.2) is 9.07 Å². The van der Waals surface area contributed by atoms with Crippen molar-refractivity contribution < 1.29 is 4.39 Å². The van der Waals surface area contributed by atoms with Crippen LogP contribution in [0, 0.1) is 12.7 Å². The maximum absolute atomic E-state index is 13.7. The number of halogens is 2. The fourth-order valence-electron chi connectivity index (χ4n) is 2.08. The number of hydrogen-bond acceptors (Lipinski definition) is 2. The molecule has 3 aromatic rings. The van der Waals surface area contributed by atoms with Gasteiger partial charge in [0.05, 0.1) is 17.6 Å². The van der Waals surface area contributed by atoms with E-state index in [4.69, 9.17) is 5.73 Å². The molecule has 0 atom stereocenters. The Morgan fingerprint density at radius 3 is 2.52 bits per heavy atom. The van der Waals surface area contributed by atoms with E-state index < -0.39 is 0 Å². The minimum absolute atomic E-state index is 0.259. The van der Waals surface area contributed by atoms with Gasteiger partial charge < -0.3 is 5.73 Å². The molecule has 3 nitrogen and oxygen atoms in total. The Hall–Kier alpha value is -2.14. The van der Waals surface area contributed by atoms with Crippen LogP contribution in [-0.2, 0) is 0 Å². The molecule has 0 bridgehead atoms. The highest BCUT2D eigenvalue weighted by Gasteiger charge is 2.11. The van der Waals surface area contributed by atoms with E-state index in [0.717, 1.165) is 10.2 Å². The molecule has 0 radical (unpaired) electrons. The van der Waals surface area contributed by atoms with E-state index in [-0.39, 0.29) is 5.82 Å². The molecule has 1 heterocycles. The molecular weight excluding hydrogens is 333 g/mol. The quantitative estimate of drug-likeness (QED) is 0.751. The van der Waals surface area contributed by atoms with E-state index in [9.17, 15) is 4.39 Å². The third-order valence-corrected chi connectivity index (χ3v) is 3.81. The van der Waals surface area contributed by atoms with Gasteiger partial charge in [-0.15, -0.1) is 0 Å². The summed E-state index contributed by atoms with van der Waals surface area (Å²) >= 11 is 3.39. The van der Waals surface area contributed by atoms with Crippen LogP contribution in [0.3, 0.4) is 0 Å². The number of nitrogens with zero attached hydrogens (tertiary/aromatic N) is 2. The van der Waals surface area contributed by atoms with Crippen molar-refractivity contribution in [1.82, 2.24) is 9.78 Å². The number of hydrogen-bond donors (Lipinski definition) is 1. The van der Waals surface area contributed by atoms with Gasteiger partial charge in [0.25, 0.3) is 0 Å². The molecule has 0 aliphatic heterocycles. The van der Waals surface area contributed by atoms with Gasteiger partial charge >= 0.3 is 0 Å². The molecule has 0 aliphatic carbocycles. The van der Waals surface area contributed by atoms with Crippen LogP contribution < -0.4 is 5.73 Å². The standard InChI is InChI=1S/C16H13BrFN3/c1-10-2-3-11(8-14(10)18)16-15(19)9-21(20-16)13-6-4-12(17)5-7-13/h2-9H,19H2,1H3. The molecule has 5 heteroatoms. The third-order valence-electron chi connectivity index (χ3n) is 3.28. The largest absolute Gasteiger partial charge is 0.396 e. The predicted octanol–water partition coefficient (Wildman–Crippen LogP) is 4.33.